The van der Waals surface area contributed by atoms with Crippen molar-refractivity contribution in [2.45, 2.75) is 25.8 Å². The molecule has 0 bridgehead atoms. The van der Waals surface area contributed by atoms with E-state index in [4.69, 9.17) is 9.84 Å². The first kappa shape index (κ1) is 11.6. The van der Waals surface area contributed by atoms with Crippen molar-refractivity contribution < 1.29 is 14.6 Å². The lowest BCUT2D eigenvalue weighted by Crippen LogP contribution is -2.36. The number of nitrogens with zero attached hydrogens (tertiary/aromatic N) is 3. The summed E-state index contributed by atoms with van der Waals surface area (Å²) in [5.74, 6) is 0.188. The summed E-state index contributed by atoms with van der Waals surface area (Å²) in [6, 6.07) is -0.499. The summed E-state index contributed by atoms with van der Waals surface area (Å²) in [6.45, 7) is 3.08. The SMILES string of the molecule is CCOc1cncc(N2CCC[C@H]2C(=O)O)n1. The van der Waals surface area contributed by atoms with Gasteiger partial charge in [0.05, 0.1) is 19.0 Å². The Bertz CT molecular complexity index is 411. The molecule has 1 aliphatic rings. The molecule has 0 spiro atoms. The van der Waals surface area contributed by atoms with Crippen LogP contribution in [0.4, 0.5) is 5.82 Å². The van der Waals surface area contributed by atoms with Crippen LogP contribution in [0.1, 0.15) is 19.8 Å². The highest BCUT2D eigenvalue weighted by molar-refractivity contribution is 5.78. The molecule has 6 heteroatoms. The largest absolute Gasteiger partial charge is 0.480 e. The van der Waals surface area contributed by atoms with Gasteiger partial charge in [0, 0.05) is 6.54 Å². The van der Waals surface area contributed by atoms with Gasteiger partial charge in [-0.3, -0.25) is 4.98 Å². The fourth-order valence-corrected chi connectivity index (χ4v) is 1.99. The highest BCUT2D eigenvalue weighted by Gasteiger charge is 2.31. The number of carboxylic acids is 1. The fraction of sp³-hybridized carbons (Fsp3) is 0.545. The van der Waals surface area contributed by atoms with Gasteiger partial charge in [-0.15, -0.1) is 0 Å². The molecule has 92 valence electrons. The van der Waals surface area contributed by atoms with Gasteiger partial charge in [0.25, 0.3) is 0 Å². The number of ether oxygens (including phenoxy) is 1. The van der Waals surface area contributed by atoms with E-state index in [1.165, 1.54) is 6.20 Å². The smallest absolute Gasteiger partial charge is 0.326 e. The molecule has 1 atom stereocenters. The Morgan fingerprint density at radius 1 is 1.65 bits per heavy atom. The zero-order valence-corrected chi connectivity index (χ0v) is 9.67. The molecule has 6 nitrogen and oxygen atoms in total. The van der Waals surface area contributed by atoms with E-state index in [9.17, 15) is 4.79 Å². The van der Waals surface area contributed by atoms with E-state index in [-0.39, 0.29) is 0 Å². The van der Waals surface area contributed by atoms with E-state index >= 15 is 0 Å². The quantitative estimate of drug-likeness (QED) is 0.839. The molecule has 2 heterocycles. The van der Waals surface area contributed by atoms with E-state index in [0.717, 1.165) is 6.42 Å². The average molecular weight is 237 g/mol. The molecule has 0 aromatic carbocycles. The lowest BCUT2D eigenvalue weighted by atomic mass is 10.2. The summed E-state index contributed by atoms with van der Waals surface area (Å²) in [6.07, 6.45) is 4.61. The summed E-state index contributed by atoms with van der Waals surface area (Å²) < 4.78 is 5.25. The third-order valence-corrected chi connectivity index (χ3v) is 2.72. The Balaban J connectivity index is 2.21. The Morgan fingerprint density at radius 2 is 2.47 bits per heavy atom. The third-order valence-electron chi connectivity index (χ3n) is 2.72. The van der Waals surface area contributed by atoms with E-state index in [2.05, 4.69) is 9.97 Å². The topological polar surface area (TPSA) is 75.5 Å². The average Bonchev–Trinajstić information content (AvgIpc) is 2.79. The zero-order valence-electron chi connectivity index (χ0n) is 9.67. The van der Waals surface area contributed by atoms with E-state index in [0.29, 0.717) is 31.3 Å². The standard InChI is InChI=1S/C11H15N3O3/c1-2-17-10-7-12-6-9(13-10)14-5-3-4-8(14)11(15)16/h6-8H,2-5H2,1H3,(H,15,16)/t8-/m0/s1. The van der Waals surface area contributed by atoms with Gasteiger partial charge in [0.1, 0.15) is 6.04 Å². The normalized spacial score (nSPS) is 19.4. The molecule has 1 saturated heterocycles. The molecule has 0 unspecified atom stereocenters. The number of carbonyl (C=O) groups is 1. The number of hydrogen-bond acceptors (Lipinski definition) is 5. The lowest BCUT2D eigenvalue weighted by Gasteiger charge is -2.22. The predicted octanol–water partition coefficient (Wildman–Crippen LogP) is 0.929. The first-order valence-electron chi connectivity index (χ1n) is 5.66. The molecule has 1 aliphatic heterocycles. The second-order valence-electron chi connectivity index (χ2n) is 3.84. The maximum atomic E-state index is 11.1. The number of carboxylic acid groups (broad SMARTS) is 1. The van der Waals surface area contributed by atoms with Crippen molar-refractivity contribution in [2.24, 2.45) is 0 Å². The molecule has 0 amide bonds. The second-order valence-corrected chi connectivity index (χ2v) is 3.84. The Kier molecular flexibility index (Phi) is 3.41. The summed E-state index contributed by atoms with van der Waals surface area (Å²) >= 11 is 0. The van der Waals surface area contributed by atoms with Crippen LogP contribution in [-0.2, 0) is 4.79 Å². The molecular weight excluding hydrogens is 222 g/mol. The molecule has 1 aromatic heterocycles. The monoisotopic (exact) mass is 237 g/mol. The van der Waals surface area contributed by atoms with Crippen molar-refractivity contribution in [3.05, 3.63) is 12.4 Å². The minimum Gasteiger partial charge on any atom is -0.480 e. The van der Waals surface area contributed by atoms with Gasteiger partial charge in [0.2, 0.25) is 5.88 Å². The maximum Gasteiger partial charge on any atom is 0.326 e. The number of rotatable bonds is 4. The Morgan fingerprint density at radius 3 is 3.18 bits per heavy atom. The van der Waals surface area contributed by atoms with Gasteiger partial charge in [-0.1, -0.05) is 0 Å². The zero-order chi connectivity index (χ0) is 12.3. The van der Waals surface area contributed by atoms with Crippen LogP contribution in [0.2, 0.25) is 0 Å². The molecule has 17 heavy (non-hydrogen) atoms. The third kappa shape index (κ3) is 2.46. The highest BCUT2D eigenvalue weighted by atomic mass is 16.5. The maximum absolute atomic E-state index is 11.1. The lowest BCUT2D eigenvalue weighted by molar-refractivity contribution is -0.138. The fourth-order valence-electron chi connectivity index (χ4n) is 1.99. The van der Waals surface area contributed by atoms with E-state index in [1.807, 2.05) is 6.92 Å². The summed E-state index contributed by atoms with van der Waals surface area (Å²) in [5, 5.41) is 9.10. The highest BCUT2D eigenvalue weighted by Crippen LogP contribution is 2.24. The van der Waals surface area contributed by atoms with Gasteiger partial charge in [-0.05, 0) is 19.8 Å². The summed E-state index contributed by atoms with van der Waals surface area (Å²) in [4.78, 5) is 21.1. The van der Waals surface area contributed by atoms with Crippen LogP contribution in [0.25, 0.3) is 0 Å². The predicted molar refractivity (Wildman–Crippen MR) is 61.2 cm³/mol. The van der Waals surface area contributed by atoms with E-state index in [1.54, 1.807) is 11.1 Å². The number of anilines is 1. The first-order valence-corrected chi connectivity index (χ1v) is 5.66. The van der Waals surface area contributed by atoms with E-state index < -0.39 is 12.0 Å². The number of hydrogen-bond donors (Lipinski definition) is 1. The first-order chi connectivity index (χ1) is 8.22. The summed E-state index contributed by atoms with van der Waals surface area (Å²) in [5.41, 5.74) is 0. The molecule has 0 aliphatic carbocycles. The van der Waals surface area contributed by atoms with Crippen molar-refractivity contribution in [1.29, 1.82) is 0 Å². The van der Waals surface area contributed by atoms with Crippen LogP contribution in [-0.4, -0.2) is 40.2 Å². The van der Waals surface area contributed by atoms with Gasteiger partial charge in [-0.2, -0.15) is 4.98 Å². The van der Waals surface area contributed by atoms with Crippen LogP contribution in [0.15, 0.2) is 12.4 Å². The van der Waals surface area contributed by atoms with Crippen molar-refractivity contribution in [3.8, 4) is 5.88 Å². The molecule has 2 rings (SSSR count). The number of aliphatic carboxylic acids is 1. The van der Waals surface area contributed by atoms with Crippen LogP contribution in [0.5, 0.6) is 5.88 Å². The van der Waals surface area contributed by atoms with Gasteiger partial charge >= 0.3 is 5.97 Å². The van der Waals surface area contributed by atoms with Crippen LogP contribution in [0, 0.1) is 0 Å². The van der Waals surface area contributed by atoms with Gasteiger partial charge in [0.15, 0.2) is 5.82 Å². The Hall–Kier alpha value is -1.85. The van der Waals surface area contributed by atoms with Crippen molar-refractivity contribution >= 4 is 11.8 Å². The molecule has 1 N–H and O–H groups in total. The van der Waals surface area contributed by atoms with Crippen molar-refractivity contribution in [2.75, 3.05) is 18.1 Å². The minimum absolute atomic E-state index is 0.432. The van der Waals surface area contributed by atoms with Crippen molar-refractivity contribution in [1.82, 2.24) is 9.97 Å². The van der Waals surface area contributed by atoms with Crippen LogP contribution >= 0.6 is 0 Å². The van der Waals surface area contributed by atoms with Gasteiger partial charge in [-0.25, -0.2) is 4.79 Å². The molecule has 0 radical (unpaired) electrons. The molecule has 1 aromatic rings. The number of aromatic nitrogens is 2. The van der Waals surface area contributed by atoms with Crippen LogP contribution in [0.3, 0.4) is 0 Å². The molecule has 1 fully saturated rings. The van der Waals surface area contributed by atoms with Crippen LogP contribution < -0.4 is 9.64 Å². The molecular formula is C11H15N3O3. The van der Waals surface area contributed by atoms with Crippen molar-refractivity contribution in [3.63, 3.8) is 0 Å². The second kappa shape index (κ2) is 4.99. The molecule has 0 saturated carbocycles. The summed E-state index contributed by atoms with van der Waals surface area (Å²) in [7, 11) is 0. The minimum atomic E-state index is -0.814. The Labute approximate surface area is 99.2 Å². The van der Waals surface area contributed by atoms with Gasteiger partial charge < -0.3 is 14.7 Å².